The maximum Gasteiger partial charge on any atom is 0.210 e. The van der Waals surface area contributed by atoms with Crippen molar-refractivity contribution in [3.8, 4) is 0 Å². The Morgan fingerprint density at radius 3 is 2.70 bits per heavy atom. The zero-order chi connectivity index (χ0) is 6.97. The van der Waals surface area contributed by atoms with Gasteiger partial charge >= 0.3 is 0 Å². The minimum atomic E-state index is -0.156. The van der Waals surface area contributed by atoms with E-state index < -0.39 is 0 Å². The summed E-state index contributed by atoms with van der Waals surface area (Å²) >= 11 is 0. The smallest absolute Gasteiger partial charge is 0.0613 e. The van der Waals surface area contributed by atoms with Crippen LogP contribution in [0.4, 0.5) is 0 Å². The predicted octanol–water partition coefficient (Wildman–Crippen LogP) is 3.59. The van der Waals surface area contributed by atoms with Crippen molar-refractivity contribution in [2.75, 3.05) is 0 Å². The van der Waals surface area contributed by atoms with Gasteiger partial charge in [-0.2, -0.15) is 0 Å². The topological polar surface area (TPSA) is 0 Å². The fraction of sp³-hybridized carbons (Fsp3) is 0. The van der Waals surface area contributed by atoms with Crippen molar-refractivity contribution in [1.82, 2.24) is 0 Å². The second-order valence-electron chi connectivity index (χ2n) is 2.12. The highest BCUT2D eigenvalue weighted by Gasteiger charge is 2.07. The Bertz CT molecular complexity index is 351. The molecular weight excluding hydrogens is 164 g/mol. The van der Waals surface area contributed by atoms with Gasteiger partial charge in [-0.05, 0) is 6.07 Å². The minimum Gasteiger partial charge on any atom is -0.0613 e. The van der Waals surface area contributed by atoms with E-state index >= 15 is 0 Å². The normalized spacial score (nSPS) is 12.3. The third-order valence-corrected chi connectivity index (χ3v) is 3.47. The van der Waals surface area contributed by atoms with Crippen LogP contribution in [0.5, 0.6) is 0 Å². The molecule has 2 aromatic rings. The van der Waals surface area contributed by atoms with Crippen LogP contribution in [0.2, 0.25) is 0 Å². The number of benzene rings is 1. The van der Waals surface area contributed by atoms with Crippen LogP contribution in [0, 0.1) is 0 Å². The molecule has 1 atom stereocenters. The molecule has 50 valence electrons. The maximum atomic E-state index is 5.98. The second kappa shape index (κ2) is 2.26. The van der Waals surface area contributed by atoms with Gasteiger partial charge in [-0.1, -0.05) is 12.1 Å². The SMILES string of the molecule is Cl[s+]1ccc2ccccc21. The third kappa shape index (κ3) is 0.825. The largest absolute Gasteiger partial charge is 0.210 e. The quantitative estimate of drug-likeness (QED) is 0.529. The molecule has 0 aliphatic rings. The number of thiophene rings is 1. The lowest BCUT2D eigenvalue weighted by atomic mass is 10.3. The summed E-state index contributed by atoms with van der Waals surface area (Å²) < 4.78 is 1.25. The molecule has 0 bridgehead atoms. The van der Waals surface area contributed by atoms with Crippen LogP contribution in [-0.4, -0.2) is 0 Å². The van der Waals surface area contributed by atoms with Crippen LogP contribution in [0.15, 0.2) is 35.7 Å². The van der Waals surface area contributed by atoms with Crippen LogP contribution in [0.3, 0.4) is 0 Å². The molecule has 1 aromatic heterocycles. The van der Waals surface area contributed by atoms with E-state index in [1.54, 1.807) is 0 Å². The first-order valence-electron chi connectivity index (χ1n) is 3.04. The van der Waals surface area contributed by atoms with Crippen molar-refractivity contribution in [3.05, 3.63) is 35.7 Å². The Morgan fingerprint density at radius 2 is 1.90 bits per heavy atom. The molecule has 0 fully saturated rings. The third-order valence-electron chi connectivity index (χ3n) is 1.50. The van der Waals surface area contributed by atoms with Crippen molar-refractivity contribution in [2.24, 2.45) is 0 Å². The van der Waals surface area contributed by atoms with E-state index in [2.05, 4.69) is 18.2 Å². The van der Waals surface area contributed by atoms with E-state index in [9.17, 15) is 0 Å². The summed E-state index contributed by atoms with van der Waals surface area (Å²) in [5.74, 6) is 0. The molecule has 10 heavy (non-hydrogen) atoms. The van der Waals surface area contributed by atoms with Crippen LogP contribution in [0.1, 0.15) is 0 Å². The zero-order valence-electron chi connectivity index (χ0n) is 5.25. The molecule has 2 heteroatoms. The van der Waals surface area contributed by atoms with Gasteiger partial charge in [0.2, 0.25) is 15.4 Å². The van der Waals surface area contributed by atoms with Gasteiger partial charge in [-0.15, -0.1) is 0 Å². The molecule has 0 amide bonds. The lowest BCUT2D eigenvalue weighted by Crippen LogP contribution is -1.57. The van der Waals surface area contributed by atoms with Gasteiger partial charge in [0.05, 0.1) is 0 Å². The van der Waals surface area contributed by atoms with Crippen LogP contribution in [0.25, 0.3) is 10.1 Å². The number of halogens is 1. The van der Waals surface area contributed by atoms with Crippen molar-refractivity contribution >= 4 is 30.5 Å². The molecule has 0 saturated heterocycles. The molecule has 0 aliphatic carbocycles. The molecule has 1 unspecified atom stereocenters. The summed E-state index contributed by atoms with van der Waals surface area (Å²) in [6.07, 6.45) is 0. The average Bonchev–Trinajstić information content (AvgIpc) is 2.34. The second-order valence-corrected chi connectivity index (χ2v) is 4.40. The van der Waals surface area contributed by atoms with Gasteiger partial charge in [0, 0.05) is 17.5 Å². The van der Waals surface area contributed by atoms with Crippen LogP contribution < -0.4 is 0 Å². The molecule has 1 heterocycles. The first kappa shape index (κ1) is 6.20. The predicted molar refractivity (Wildman–Crippen MR) is 47.7 cm³/mol. The Labute approximate surface area is 66.5 Å². The number of hydrogen-bond donors (Lipinski definition) is 0. The van der Waals surface area contributed by atoms with Crippen molar-refractivity contribution in [3.63, 3.8) is 0 Å². The molecule has 0 radical (unpaired) electrons. The van der Waals surface area contributed by atoms with Gasteiger partial charge in [-0.25, -0.2) is 0 Å². The first-order valence-corrected chi connectivity index (χ1v) is 5.16. The van der Waals surface area contributed by atoms with E-state index in [0.29, 0.717) is 0 Å². The van der Waals surface area contributed by atoms with E-state index in [-0.39, 0.29) is 9.68 Å². The lowest BCUT2D eigenvalue weighted by Gasteiger charge is -1.78. The standard InChI is InChI=1S/C8H6ClS/c9-10-6-5-7-3-1-2-4-8(7)10/h1-6H/q+1. The summed E-state index contributed by atoms with van der Waals surface area (Å²) in [5, 5.41) is 3.30. The maximum absolute atomic E-state index is 5.98. The van der Waals surface area contributed by atoms with Crippen molar-refractivity contribution < 1.29 is 0 Å². The number of fused-ring (bicyclic) bond motifs is 1. The van der Waals surface area contributed by atoms with Gasteiger partial charge in [0.25, 0.3) is 0 Å². The van der Waals surface area contributed by atoms with E-state index in [1.807, 2.05) is 17.5 Å². The summed E-state index contributed by atoms with van der Waals surface area (Å²) in [5.41, 5.74) is 0. The summed E-state index contributed by atoms with van der Waals surface area (Å²) in [7, 11) is 5.83. The van der Waals surface area contributed by atoms with Gasteiger partial charge < -0.3 is 0 Å². The monoisotopic (exact) mass is 169 g/mol. The van der Waals surface area contributed by atoms with E-state index in [0.717, 1.165) is 0 Å². The molecule has 0 N–H and O–H groups in total. The first-order chi connectivity index (χ1) is 4.88. The highest BCUT2D eigenvalue weighted by atomic mass is 35.7. The molecule has 0 saturated carbocycles. The van der Waals surface area contributed by atoms with Crippen LogP contribution in [-0.2, 0) is 0 Å². The highest BCUT2D eigenvalue weighted by molar-refractivity contribution is 7.65. The summed E-state index contributed by atoms with van der Waals surface area (Å²) in [4.78, 5) is 0. The Balaban J connectivity index is 2.93. The van der Waals surface area contributed by atoms with Gasteiger partial charge in [-0.3, -0.25) is 0 Å². The molecule has 0 nitrogen and oxygen atoms in total. The number of hydrogen-bond acceptors (Lipinski definition) is 0. The summed E-state index contributed by atoms with van der Waals surface area (Å²) in [6.45, 7) is 0. The molecular formula is C8H6ClS+. The van der Waals surface area contributed by atoms with Crippen molar-refractivity contribution in [2.45, 2.75) is 0 Å². The lowest BCUT2D eigenvalue weighted by molar-refractivity contribution is 1.86. The Hall–Kier alpha value is -0.530. The minimum absolute atomic E-state index is 0.156. The molecule has 1 aromatic carbocycles. The van der Waals surface area contributed by atoms with Gasteiger partial charge in [0.1, 0.15) is 9.68 Å². The highest BCUT2D eigenvalue weighted by Crippen LogP contribution is 2.34. The summed E-state index contributed by atoms with van der Waals surface area (Å²) in [6, 6.07) is 10.3. The van der Waals surface area contributed by atoms with Crippen LogP contribution >= 0.6 is 20.4 Å². The van der Waals surface area contributed by atoms with E-state index in [1.165, 1.54) is 10.1 Å². The van der Waals surface area contributed by atoms with E-state index in [4.69, 9.17) is 10.7 Å². The fourth-order valence-electron chi connectivity index (χ4n) is 1.00. The molecule has 2 rings (SSSR count). The Kier molecular flexibility index (Phi) is 1.40. The molecule has 0 aliphatic heterocycles. The Morgan fingerprint density at radius 1 is 1.10 bits per heavy atom. The fourth-order valence-corrected chi connectivity index (χ4v) is 2.56. The molecule has 0 spiro atoms. The average molecular weight is 170 g/mol. The van der Waals surface area contributed by atoms with Crippen molar-refractivity contribution in [1.29, 1.82) is 0 Å². The van der Waals surface area contributed by atoms with Gasteiger partial charge in [0.15, 0.2) is 5.38 Å². The number of rotatable bonds is 0. The zero-order valence-corrected chi connectivity index (χ0v) is 6.82.